The number of nitrogens with zero attached hydrogens (tertiary/aromatic N) is 3. The normalized spacial score (nSPS) is 10.7. The van der Waals surface area contributed by atoms with Crippen LogP contribution in [0.3, 0.4) is 0 Å². The third-order valence-corrected chi connectivity index (χ3v) is 4.55. The van der Waals surface area contributed by atoms with E-state index in [9.17, 15) is 9.90 Å². The lowest BCUT2D eigenvalue weighted by Gasteiger charge is -2.07. The van der Waals surface area contributed by atoms with E-state index in [1.165, 1.54) is 11.8 Å². The van der Waals surface area contributed by atoms with Crippen molar-refractivity contribution in [2.24, 2.45) is 0 Å². The van der Waals surface area contributed by atoms with E-state index in [2.05, 4.69) is 10.2 Å². The fourth-order valence-corrected chi connectivity index (χ4v) is 3.24. The van der Waals surface area contributed by atoms with Gasteiger partial charge in [-0.15, -0.1) is 10.2 Å². The highest BCUT2D eigenvalue weighted by atomic mass is 32.2. The number of carbonyl (C=O) groups is 1. The second kappa shape index (κ2) is 7.31. The van der Waals surface area contributed by atoms with Crippen molar-refractivity contribution in [3.8, 4) is 17.1 Å². The van der Waals surface area contributed by atoms with Crippen LogP contribution in [0.4, 0.5) is 0 Å². The minimum atomic E-state index is 0.0671. The van der Waals surface area contributed by atoms with Crippen LogP contribution < -0.4 is 0 Å². The quantitative estimate of drug-likeness (QED) is 0.548. The maximum atomic E-state index is 12.2. The summed E-state index contributed by atoms with van der Waals surface area (Å²) in [6.45, 7) is 2.71. The Bertz CT molecular complexity index is 829. The first-order valence-corrected chi connectivity index (χ1v) is 8.61. The van der Waals surface area contributed by atoms with Crippen LogP contribution in [0.15, 0.2) is 59.8 Å². The van der Waals surface area contributed by atoms with Crippen LogP contribution in [0, 0.1) is 0 Å². The molecule has 0 radical (unpaired) electrons. The number of hydrogen-bond donors (Lipinski definition) is 1. The minimum Gasteiger partial charge on any atom is -0.508 e. The van der Waals surface area contributed by atoms with E-state index in [4.69, 9.17) is 0 Å². The first-order valence-electron chi connectivity index (χ1n) is 7.62. The van der Waals surface area contributed by atoms with Crippen LogP contribution in [0.5, 0.6) is 5.75 Å². The van der Waals surface area contributed by atoms with Crippen molar-refractivity contribution in [1.82, 2.24) is 14.8 Å². The van der Waals surface area contributed by atoms with Crippen molar-refractivity contribution in [2.75, 3.05) is 5.75 Å². The molecule has 3 aromatic rings. The molecule has 0 fully saturated rings. The third kappa shape index (κ3) is 3.49. The van der Waals surface area contributed by atoms with Crippen molar-refractivity contribution < 1.29 is 9.90 Å². The Morgan fingerprint density at radius 1 is 1.08 bits per heavy atom. The van der Waals surface area contributed by atoms with E-state index < -0.39 is 0 Å². The van der Waals surface area contributed by atoms with E-state index in [-0.39, 0.29) is 11.5 Å². The van der Waals surface area contributed by atoms with Gasteiger partial charge in [-0.05, 0) is 31.2 Å². The average molecular weight is 339 g/mol. The van der Waals surface area contributed by atoms with E-state index in [0.717, 1.165) is 11.4 Å². The molecular weight excluding hydrogens is 322 g/mol. The van der Waals surface area contributed by atoms with Crippen molar-refractivity contribution in [3.63, 3.8) is 0 Å². The summed E-state index contributed by atoms with van der Waals surface area (Å²) >= 11 is 1.38. The number of phenolic OH excluding ortho intramolecular Hbond substituents is 1. The van der Waals surface area contributed by atoms with E-state index in [0.29, 0.717) is 23.0 Å². The molecule has 2 aromatic carbocycles. The number of hydrogen-bond acceptors (Lipinski definition) is 5. The van der Waals surface area contributed by atoms with Crippen molar-refractivity contribution in [2.45, 2.75) is 18.6 Å². The summed E-state index contributed by atoms with van der Waals surface area (Å²) in [4.78, 5) is 12.2. The number of aromatic nitrogens is 3. The van der Waals surface area contributed by atoms with Gasteiger partial charge in [-0.1, -0.05) is 42.1 Å². The van der Waals surface area contributed by atoms with Gasteiger partial charge in [0.05, 0.1) is 5.75 Å². The Morgan fingerprint density at radius 3 is 2.46 bits per heavy atom. The number of rotatable bonds is 6. The summed E-state index contributed by atoms with van der Waals surface area (Å²) in [5.41, 5.74) is 1.58. The van der Waals surface area contributed by atoms with Gasteiger partial charge < -0.3 is 9.67 Å². The van der Waals surface area contributed by atoms with Gasteiger partial charge in [-0.2, -0.15) is 0 Å². The smallest absolute Gasteiger partial charge is 0.191 e. The van der Waals surface area contributed by atoms with Gasteiger partial charge in [0.2, 0.25) is 0 Å². The highest BCUT2D eigenvalue weighted by Crippen LogP contribution is 2.25. The number of Topliss-reactive ketones (excluding diaryl/α,β-unsaturated/α-hetero) is 1. The zero-order valence-electron chi connectivity index (χ0n) is 13.2. The fourth-order valence-electron chi connectivity index (χ4n) is 2.34. The van der Waals surface area contributed by atoms with Crippen LogP contribution in [-0.2, 0) is 6.54 Å². The van der Waals surface area contributed by atoms with Gasteiger partial charge in [0, 0.05) is 17.7 Å². The summed E-state index contributed by atoms with van der Waals surface area (Å²) < 4.78 is 1.97. The molecule has 1 aromatic heterocycles. The average Bonchev–Trinajstić information content (AvgIpc) is 3.04. The van der Waals surface area contributed by atoms with E-state index in [1.807, 2.05) is 41.8 Å². The standard InChI is InChI=1S/C18H17N3O2S/c1-2-21-17(14-8-10-15(22)11-9-14)19-20-18(21)24-12-16(23)13-6-4-3-5-7-13/h3-11,22H,2,12H2,1H3. The predicted molar refractivity (Wildman–Crippen MR) is 94.3 cm³/mol. The Hall–Kier alpha value is -2.60. The Balaban J connectivity index is 1.77. The minimum absolute atomic E-state index is 0.0671. The Morgan fingerprint density at radius 2 is 1.79 bits per heavy atom. The molecule has 3 rings (SSSR count). The SMILES string of the molecule is CCn1c(SCC(=O)c2ccccc2)nnc1-c1ccc(O)cc1. The van der Waals surface area contributed by atoms with Crippen LogP contribution in [0.1, 0.15) is 17.3 Å². The molecule has 0 saturated heterocycles. The van der Waals surface area contributed by atoms with Crippen LogP contribution in [0.25, 0.3) is 11.4 Å². The summed E-state index contributed by atoms with van der Waals surface area (Å²) in [5.74, 6) is 1.33. The predicted octanol–water partition coefficient (Wildman–Crippen LogP) is 3.65. The third-order valence-electron chi connectivity index (χ3n) is 3.59. The number of benzene rings is 2. The molecule has 0 bridgehead atoms. The summed E-state index contributed by atoms with van der Waals surface area (Å²) in [5, 5.41) is 18.6. The number of ketones is 1. The largest absolute Gasteiger partial charge is 0.508 e. The number of phenols is 1. The van der Waals surface area contributed by atoms with Gasteiger partial charge in [-0.25, -0.2) is 0 Å². The fraction of sp³-hybridized carbons (Fsp3) is 0.167. The van der Waals surface area contributed by atoms with E-state index in [1.54, 1.807) is 24.3 Å². The molecule has 0 saturated carbocycles. The Labute approximate surface area is 144 Å². The lowest BCUT2D eigenvalue weighted by molar-refractivity contribution is 0.102. The highest BCUT2D eigenvalue weighted by molar-refractivity contribution is 7.99. The monoisotopic (exact) mass is 339 g/mol. The maximum Gasteiger partial charge on any atom is 0.191 e. The zero-order chi connectivity index (χ0) is 16.9. The maximum absolute atomic E-state index is 12.2. The molecule has 0 amide bonds. The van der Waals surface area contributed by atoms with Crippen LogP contribution >= 0.6 is 11.8 Å². The van der Waals surface area contributed by atoms with Crippen molar-refractivity contribution in [3.05, 3.63) is 60.2 Å². The zero-order valence-corrected chi connectivity index (χ0v) is 14.0. The van der Waals surface area contributed by atoms with Gasteiger partial charge in [0.1, 0.15) is 5.75 Å². The van der Waals surface area contributed by atoms with Crippen molar-refractivity contribution >= 4 is 17.5 Å². The molecule has 5 nitrogen and oxygen atoms in total. The molecule has 1 N–H and O–H groups in total. The first-order chi connectivity index (χ1) is 11.7. The molecule has 0 atom stereocenters. The topological polar surface area (TPSA) is 68.0 Å². The molecule has 0 aliphatic rings. The molecule has 0 spiro atoms. The molecule has 24 heavy (non-hydrogen) atoms. The number of thioether (sulfide) groups is 1. The van der Waals surface area contributed by atoms with Gasteiger partial charge in [0.15, 0.2) is 16.8 Å². The number of aromatic hydroxyl groups is 1. The summed E-state index contributed by atoms with van der Waals surface area (Å²) in [7, 11) is 0. The summed E-state index contributed by atoms with van der Waals surface area (Å²) in [6, 6.07) is 16.1. The lowest BCUT2D eigenvalue weighted by atomic mass is 10.2. The van der Waals surface area contributed by atoms with Gasteiger partial charge >= 0.3 is 0 Å². The lowest BCUT2D eigenvalue weighted by Crippen LogP contribution is -2.05. The highest BCUT2D eigenvalue weighted by Gasteiger charge is 2.15. The second-order valence-corrected chi connectivity index (χ2v) is 6.12. The first kappa shape index (κ1) is 16.3. The molecule has 0 aliphatic carbocycles. The van der Waals surface area contributed by atoms with Crippen LogP contribution in [-0.4, -0.2) is 31.4 Å². The second-order valence-electron chi connectivity index (χ2n) is 5.18. The summed E-state index contributed by atoms with van der Waals surface area (Å²) in [6.07, 6.45) is 0. The Kier molecular flexibility index (Phi) is 4.96. The molecule has 1 heterocycles. The molecular formula is C18H17N3O2S. The number of carbonyl (C=O) groups excluding carboxylic acids is 1. The molecule has 0 unspecified atom stereocenters. The van der Waals surface area contributed by atoms with E-state index >= 15 is 0 Å². The molecule has 0 aliphatic heterocycles. The molecule has 122 valence electrons. The van der Waals surface area contributed by atoms with Gasteiger partial charge in [0.25, 0.3) is 0 Å². The van der Waals surface area contributed by atoms with Gasteiger partial charge in [-0.3, -0.25) is 4.79 Å². The molecule has 6 heteroatoms. The van der Waals surface area contributed by atoms with Crippen LogP contribution in [0.2, 0.25) is 0 Å². The van der Waals surface area contributed by atoms with Crippen molar-refractivity contribution in [1.29, 1.82) is 0 Å².